The molecule has 4 heterocycles. The Balaban J connectivity index is 0.00000641. The van der Waals surface area contributed by atoms with Gasteiger partial charge in [-0.05, 0) is 90.9 Å². The minimum atomic E-state index is -0.574. The molecule has 0 bridgehead atoms. The summed E-state index contributed by atoms with van der Waals surface area (Å²) in [5.41, 5.74) is 5.57. The largest absolute Gasteiger partial charge is 0.522 e. The summed E-state index contributed by atoms with van der Waals surface area (Å²) in [6, 6.07) is 28.3. The molecule has 0 spiro atoms. The number of para-hydroxylation sites is 2. The molecule has 0 amide bonds. The molecule has 0 unspecified atom stereocenters. The number of fused-ring (bicyclic) bond motifs is 6. The fourth-order valence-electron chi connectivity index (χ4n) is 9.84. The maximum atomic E-state index is 9.17. The number of rotatable bonds is 7. The third-order valence-electron chi connectivity index (χ3n) is 12.4. The topological polar surface area (TPSA) is 48.8 Å². The second-order valence-corrected chi connectivity index (χ2v) is 18.7. The van der Waals surface area contributed by atoms with E-state index in [9.17, 15) is 0 Å². The Hall–Kier alpha value is -6.62. The van der Waals surface area contributed by atoms with E-state index in [1.807, 2.05) is 42.6 Å². The van der Waals surface area contributed by atoms with E-state index in [1.165, 1.54) is 0 Å². The van der Waals surface area contributed by atoms with Gasteiger partial charge in [0.15, 0.2) is 0 Å². The molecule has 6 nitrogen and oxygen atoms in total. The molecule has 324 valence electrons. The molecule has 0 radical (unpaired) electrons. The molecular weight excluding hydrogens is 978 g/mol. The van der Waals surface area contributed by atoms with Crippen LogP contribution in [-0.2, 0) is 37.3 Å². The van der Waals surface area contributed by atoms with Gasteiger partial charge in [0.1, 0.15) is 5.82 Å². The van der Waals surface area contributed by atoms with Crippen LogP contribution in [0.5, 0.6) is 11.5 Å². The summed E-state index contributed by atoms with van der Waals surface area (Å²) in [4.78, 5) is 9.69. The third-order valence-corrected chi connectivity index (χ3v) is 12.4. The van der Waals surface area contributed by atoms with Crippen molar-refractivity contribution in [3.8, 4) is 51.1 Å². The average Bonchev–Trinajstić information content (AvgIpc) is 3.98. The molecular formula is C58H49N5OPt-2. The first-order chi connectivity index (χ1) is 35.0. The second kappa shape index (κ2) is 15.8. The monoisotopic (exact) mass is 1040 g/mol. The van der Waals surface area contributed by atoms with Crippen LogP contribution in [0.3, 0.4) is 0 Å². The van der Waals surface area contributed by atoms with Gasteiger partial charge in [-0.2, -0.15) is 18.2 Å². The van der Waals surface area contributed by atoms with Crippen LogP contribution in [0.2, 0.25) is 0 Å². The Bertz CT molecular complexity index is 3900. The van der Waals surface area contributed by atoms with E-state index >= 15 is 0 Å². The van der Waals surface area contributed by atoms with Gasteiger partial charge in [0.05, 0.1) is 36.2 Å². The summed E-state index contributed by atoms with van der Waals surface area (Å²) in [5, 5.41) is 2.01. The first-order valence-corrected chi connectivity index (χ1v) is 21.3. The molecule has 0 saturated carbocycles. The van der Waals surface area contributed by atoms with Crippen molar-refractivity contribution in [2.24, 2.45) is 0 Å². The predicted octanol–water partition coefficient (Wildman–Crippen LogP) is 13.6. The zero-order chi connectivity index (χ0) is 52.7. The average molecular weight is 1040 g/mol. The molecule has 0 aliphatic heterocycles. The molecule has 0 fully saturated rings. The van der Waals surface area contributed by atoms with Crippen molar-refractivity contribution >= 4 is 32.8 Å². The van der Waals surface area contributed by atoms with Gasteiger partial charge >= 0.3 is 0 Å². The smallest absolute Gasteiger partial charge is 0.269 e. The number of nitrogens with zero attached hydrogens (tertiary/aromatic N) is 5. The van der Waals surface area contributed by atoms with Crippen molar-refractivity contribution in [2.75, 3.05) is 0 Å². The second-order valence-electron chi connectivity index (χ2n) is 18.7. The van der Waals surface area contributed by atoms with E-state index in [0.29, 0.717) is 22.5 Å². The minimum Gasteiger partial charge on any atom is -0.522 e. The Kier molecular flexibility index (Phi) is 7.81. The van der Waals surface area contributed by atoms with Crippen molar-refractivity contribution in [3.63, 3.8) is 0 Å². The van der Waals surface area contributed by atoms with Gasteiger partial charge < -0.3 is 9.30 Å². The van der Waals surface area contributed by atoms with Gasteiger partial charge in [-0.25, -0.2) is 4.98 Å². The predicted molar refractivity (Wildman–Crippen MR) is 258 cm³/mol. The summed E-state index contributed by atoms with van der Waals surface area (Å²) >= 11 is 0. The Morgan fingerprint density at radius 3 is 2.09 bits per heavy atom. The van der Waals surface area contributed by atoms with Gasteiger partial charge in [0.2, 0.25) is 0 Å². The van der Waals surface area contributed by atoms with Crippen molar-refractivity contribution < 1.29 is 44.1 Å². The van der Waals surface area contributed by atoms with Crippen LogP contribution in [0.15, 0.2) is 158 Å². The summed E-state index contributed by atoms with van der Waals surface area (Å²) in [6.07, 6.45) is 7.76. The van der Waals surface area contributed by atoms with Crippen molar-refractivity contribution in [2.45, 2.75) is 71.1 Å². The van der Waals surface area contributed by atoms with Crippen LogP contribution >= 0.6 is 0 Å². The maximum absolute atomic E-state index is 9.17. The molecule has 0 saturated heterocycles. The van der Waals surface area contributed by atoms with Crippen LogP contribution in [-0.4, -0.2) is 19.1 Å². The van der Waals surface area contributed by atoms with Crippen LogP contribution in [0.4, 0.5) is 0 Å². The van der Waals surface area contributed by atoms with Crippen LogP contribution in [0, 0.1) is 18.5 Å². The zero-order valence-corrected chi connectivity index (χ0v) is 39.2. The first-order valence-electron chi connectivity index (χ1n) is 26.3. The number of hydrogen-bond donors (Lipinski definition) is 0. The van der Waals surface area contributed by atoms with Gasteiger partial charge in [0, 0.05) is 38.5 Å². The number of ether oxygens (including phenoxy) is 1. The number of imidazole rings is 1. The fourth-order valence-corrected chi connectivity index (χ4v) is 9.84. The molecule has 4 aromatic heterocycles. The van der Waals surface area contributed by atoms with E-state index in [-0.39, 0.29) is 65.7 Å². The number of pyridine rings is 2. The fraction of sp³-hybridized carbons (Fsp3) is 0.190. The first kappa shape index (κ1) is 32.1. The molecule has 7 heteroatoms. The number of aromatic nitrogens is 5. The Labute approximate surface area is 409 Å². The summed E-state index contributed by atoms with van der Waals surface area (Å²) in [7, 11) is 0. The van der Waals surface area contributed by atoms with Crippen molar-refractivity contribution in [3.05, 3.63) is 193 Å². The molecule has 10 aromatic rings. The Morgan fingerprint density at radius 1 is 0.708 bits per heavy atom. The van der Waals surface area contributed by atoms with Crippen molar-refractivity contribution in [1.29, 1.82) is 0 Å². The van der Waals surface area contributed by atoms with Gasteiger partial charge in [-0.3, -0.25) is 14.1 Å². The van der Waals surface area contributed by atoms with Crippen LogP contribution in [0.1, 0.15) is 85.3 Å². The summed E-state index contributed by atoms with van der Waals surface area (Å²) < 4.78 is 101. The van der Waals surface area contributed by atoms with Gasteiger partial charge in [-0.15, -0.1) is 17.5 Å². The summed E-state index contributed by atoms with van der Waals surface area (Å²) in [6.45, 7) is 15.3. The van der Waals surface area contributed by atoms with E-state index < -0.39 is 65.8 Å². The SMILES string of the molecule is [2H]c1c([2H])c([2H])c(-c2cccc(-c3c([2H])c([2H])c([2H])c([2H])c3[2H])c2-[n+]2[c-]n(-c3[c-]c(Oc4[c-]c5c(cc4)c4ccccc4n5-c4cc(C(C)(C)C)ccn4)ccn3)c3c4c(ccc32)C(C)(C)CC4(C)C)c([2H])c1[2H].[Pt]. The quantitative estimate of drug-likeness (QED) is 0.118. The van der Waals surface area contributed by atoms with E-state index in [0.717, 1.165) is 50.7 Å². The molecule has 11 rings (SSSR count). The molecule has 0 atom stereocenters. The number of hydrogen-bond acceptors (Lipinski definition) is 3. The summed E-state index contributed by atoms with van der Waals surface area (Å²) in [5.74, 6) is 1.76. The van der Waals surface area contributed by atoms with Crippen LogP contribution < -0.4 is 9.30 Å². The minimum absolute atomic E-state index is 0. The number of benzene rings is 6. The van der Waals surface area contributed by atoms with E-state index in [4.69, 9.17) is 28.4 Å². The maximum Gasteiger partial charge on any atom is 0.269 e. The normalized spacial score (nSPS) is 16.3. The molecule has 65 heavy (non-hydrogen) atoms. The van der Waals surface area contributed by atoms with Gasteiger partial charge in [0.25, 0.3) is 6.33 Å². The Morgan fingerprint density at radius 2 is 1.38 bits per heavy atom. The zero-order valence-electron chi connectivity index (χ0n) is 46.9. The molecule has 0 N–H and O–H groups in total. The van der Waals surface area contributed by atoms with E-state index in [1.54, 1.807) is 39.6 Å². The third kappa shape index (κ3) is 7.20. The molecule has 6 aromatic carbocycles. The van der Waals surface area contributed by atoms with Crippen LogP contribution in [0.25, 0.3) is 72.4 Å². The molecule has 1 aliphatic rings. The van der Waals surface area contributed by atoms with E-state index in [2.05, 4.69) is 95.8 Å². The molecule has 1 aliphatic carbocycles. The standard InChI is InChI=1S/C58H49N5O.Pt/c1-56(2,3)40-29-31-60-52(33-40)63-48-24-15-14-21-45(48)46-26-25-41(34-50(46)63)64-42-30-32-59-51(35-42)62-37-61(49-28-27-47-53(55(49)62)58(6,7)36-57(47,4)5)54-43(38-17-10-8-11-18-38)22-16-23-44(54)39-19-12-9-13-20-39;/h8-33H,36H2,1-7H3;/q-2;/i8D,9D,10D,11D,12D,13D,17D,18D,19D,20D;. The van der Waals surface area contributed by atoms with Gasteiger partial charge in [-0.1, -0.05) is 169 Å². The van der Waals surface area contributed by atoms with Crippen molar-refractivity contribution in [1.82, 2.24) is 19.1 Å².